The Labute approximate surface area is 136 Å². The Hall–Kier alpha value is -2.59. The van der Waals surface area contributed by atoms with E-state index in [0.29, 0.717) is 10.4 Å². The molecule has 0 fully saturated rings. The van der Waals surface area contributed by atoms with Gasteiger partial charge in [0.15, 0.2) is 5.82 Å². The number of amides is 1. The molecule has 11 heteroatoms. The van der Waals surface area contributed by atoms with E-state index in [0.717, 1.165) is 5.69 Å². The molecule has 130 valence electrons. The number of hydrogen-bond acceptors (Lipinski definition) is 6. The normalized spacial score (nSPS) is 14.4. The summed E-state index contributed by atoms with van der Waals surface area (Å²) in [6.45, 7) is 3.02. The van der Waals surface area contributed by atoms with Gasteiger partial charge in [0.05, 0.1) is 24.5 Å². The minimum atomic E-state index is -2.86. The summed E-state index contributed by atoms with van der Waals surface area (Å²) in [5.74, 6) is 0.111. The molecule has 2 aromatic rings. The Morgan fingerprint density at radius 1 is 1.25 bits per heavy atom. The van der Waals surface area contributed by atoms with Gasteiger partial charge in [-0.15, -0.1) is 5.10 Å². The van der Waals surface area contributed by atoms with Crippen molar-refractivity contribution in [2.24, 2.45) is 7.05 Å². The molecule has 0 bridgehead atoms. The van der Waals surface area contributed by atoms with E-state index in [1.807, 2.05) is 0 Å². The lowest BCUT2D eigenvalue weighted by Crippen LogP contribution is -2.33. The van der Waals surface area contributed by atoms with E-state index in [1.54, 1.807) is 32.4 Å². The van der Waals surface area contributed by atoms with Crippen LogP contribution in [0.2, 0.25) is 0 Å². The predicted molar refractivity (Wildman–Crippen MR) is 76.8 cm³/mol. The van der Waals surface area contributed by atoms with Crippen LogP contribution in [0.3, 0.4) is 0 Å². The topological polar surface area (TPSA) is 91.0 Å². The van der Waals surface area contributed by atoms with Gasteiger partial charge >= 0.3 is 12.6 Å². The van der Waals surface area contributed by atoms with E-state index in [1.165, 1.54) is 4.90 Å². The minimum Gasteiger partial charge on any atom is -0.444 e. The minimum absolute atomic E-state index is 0.120. The number of aromatic nitrogens is 6. The van der Waals surface area contributed by atoms with Gasteiger partial charge in [-0.3, -0.25) is 4.90 Å². The van der Waals surface area contributed by atoms with Crippen LogP contribution in [-0.4, -0.2) is 46.4 Å². The number of halogens is 2. The SMILES string of the molecule is Cn1c(-c2nnnn2C(F)F)nc2c1CN(C(=O)OC(C)(C)C)C2. The lowest BCUT2D eigenvalue weighted by atomic mass is 10.2. The van der Waals surface area contributed by atoms with Crippen molar-refractivity contribution < 1.29 is 18.3 Å². The third kappa shape index (κ3) is 2.81. The summed E-state index contributed by atoms with van der Waals surface area (Å²) in [6, 6.07) is 0. The van der Waals surface area contributed by atoms with Crippen molar-refractivity contribution >= 4 is 6.09 Å². The largest absolute Gasteiger partial charge is 0.444 e. The Bertz CT molecular complexity index is 778. The van der Waals surface area contributed by atoms with Gasteiger partial charge in [0.1, 0.15) is 5.60 Å². The number of carbonyl (C=O) groups excluding carboxylic acids is 1. The number of hydrogen-bond donors (Lipinski definition) is 0. The lowest BCUT2D eigenvalue weighted by molar-refractivity contribution is 0.0238. The van der Waals surface area contributed by atoms with E-state index in [4.69, 9.17) is 4.74 Å². The number of alkyl halides is 2. The monoisotopic (exact) mass is 341 g/mol. The summed E-state index contributed by atoms with van der Waals surface area (Å²) in [7, 11) is 1.67. The van der Waals surface area contributed by atoms with Crippen LogP contribution in [0.5, 0.6) is 0 Å². The molecule has 0 atom stereocenters. The Balaban J connectivity index is 1.84. The van der Waals surface area contributed by atoms with Gasteiger partial charge in [0, 0.05) is 7.05 Å². The zero-order valence-electron chi connectivity index (χ0n) is 13.7. The highest BCUT2D eigenvalue weighted by Gasteiger charge is 2.33. The molecule has 0 saturated heterocycles. The number of ether oxygens (including phenoxy) is 1. The first-order valence-corrected chi connectivity index (χ1v) is 7.26. The van der Waals surface area contributed by atoms with Crippen LogP contribution in [0, 0.1) is 0 Å². The van der Waals surface area contributed by atoms with E-state index in [9.17, 15) is 13.6 Å². The third-order valence-electron chi connectivity index (χ3n) is 3.51. The zero-order valence-corrected chi connectivity index (χ0v) is 13.7. The molecule has 0 unspecified atom stereocenters. The molecular formula is C13H17F2N7O2. The highest BCUT2D eigenvalue weighted by atomic mass is 19.3. The van der Waals surface area contributed by atoms with Gasteiger partial charge < -0.3 is 9.30 Å². The maximum atomic E-state index is 12.9. The summed E-state index contributed by atoms with van der Waals surface area (Å²) in [5, 5.41) is 10.2. The summed E-state index contributed by atoms with van der Waals surface area (Å²) >= 11 is 0. The Morgan fingerprint density at radius 2 is 1.96 bits per heavy atom. The average molecular weight is 341 g/mol. The summed E-state index contributed by atoms with van der Waals surface area (Å²) in [5.41, 5.74) is 0.755. The van der Waals surface area contributed by atoms with Crippen LogP contribution in [0.25, 0.3) is 11.6 Å². The number of imidazole rings is 1. The van der Waals surface area contributed by atoms with Crippen molar-refractivity contribution in [3.63, 3.8) is 0 Å². The molecule has 1 amide bonds. The van der Waals surface area contributed by atoms with Crippen molar-refractivity contribution in [1.29, 1.82) is 0 Å². The van der Waals surface area contributed by atoms with Crippen LogP contribution in [-0.2, 0) is 24.9 Å². The van der Waals surface area contributed by atoms with Gasteiger partial charge in [0.2, 0.25) is 5.82 Å². The molecule has 0 N–H and O–H groups in total. The fourth-order valence-corrected chi connectivity index (χ4v) is 2.46. The van der Waals surface area contributed by atoms with Crippen molar-refractivity contribution in [3.05, 3.63) is 11.4 Å². The number of fused-ring (bicyclic) bond motifs is 1. The zero-order chi connectivity index (χ0) is 17.6. The smallest absolute Gasteiger partial charge is 0.410 e. The first kappa shape index (κ1) is 16.3. The van der Waals surface area contributed by atoms with E-state index in [-0.39, 0.29) is 24.7 Å². The van der Waals surface area contributed by atoms with E-state index >= 15 is 0 Å². The average Bonchev–Trinajstić information content (AvgIpc) is 3.12. The predicted octanol–water partition coefficient (Wildman–Crippen LogP) is 1.72. The van der Waals surface area contributed by atoms with E-state index < -0.39 is 18.2 Å². The van der Waals surface area contributed by atoms with Crippen molar-refractivity contribution in [2.45, 2.75) is 46.0 Å². The number of rotatable bonds is 2. The van der Waals surface area contributed by atoms with Gasteiger partial charge in [-0.25, -0.2) is 9.78 Å². The molecule has 0 saturated carbocycles. The second kappa shape index (κ2) is 5.49. The molecule has 0 spiro atoms. The Kier molecular flexibility index (Phi) is 3.73. The molecule has 0 aromatic carbocycles. The second-order valence-electron chi connectivity index (χ2n) is 6.45. The molecular weight excluding hydrogens is 324 g/mol. The molecule has 2 aromatic heterocycles. The standard InChI is InChI=1S/C13H17F2N7O2/c1-13(2,3)24-12(23)21-5-7-8(6-21)20(4)9(16-7)10-17-18-19-22(10)11(14)15/h11H,5-6H2,1-4H3. The highest BCUT2D eigenvalue weighted by Crippen LogP contribution is 2.29. The molecule has 0 radical (unpaired) electrons. The van der Waals surface area contributed by atoms with Crippen LogP contribution >= 0.6 is 0 Å². The lowest BCUT2D eigenvalue weighted by Gasteiger charge is -2.24. The van der Waals surface area contributed by atoms with Crippen LogP contribution < -0.4 is 0 Å². The molecule has 3 rings (SSSR count). The molecule has 1 aliphatic rings. The van der Waals surface area contributed by atoms with Crippen LogP contribution in [0.1, 0.15) is 38.7 Å². The third-order valence-corrected chi connectivity index (χ3v) is 3.51. The van der Waals surface area contributed by atoms with E-state index in [2.05, 4.69) is 20.5 Å². The summed E-state index contributed by atoms with van der Waals surface area (Å²) in [4.78, 5) is 18.0. The fourth-order valence-electron chi connectivity index (χ4n) is 2.46. The molecule has 9 nitrogen and oxygen atoms in total. The molecule has 0 aliphatic carbocycles. The van der Waals surface area contributed by atoms with Gasteiger partial charge in [-0.05, 0) is 31.2 Å². The van der Waals surface area contributed by atoms with Crippen molar-refractivity contribution in [2.75, 3.05) is 0 Å². The first-order valence-electron chi connectivity index (χ1n) is 7.26. The molecule has 3 heterocycles. The maximum absolute atomic E-state index is 12.9. The van der Waals surface area contributed by atoms with Crippen molar-refractivity contribution in [1.82, 2.24) is 34.7 Å². The first-order chi connectivity index (χ1) is 11.2. The van der Waals surface area contributed by atoms with Crippen LogP contribution in [0.4, 0.5) is 13.6 Å². The fraction of sp³-hybridized carbons (Fsp3) is 0.615. The number of carbonyl (C=O) groups is 1. The van der Waals surface area contributed by atoms with Crippen LogP contribution in [0.15, 0.2) is 0 Å². The Morgan fingerprint density at radius 3 is 2.54 bits per heavy atom. The number of tetrazole rings is 1. The maximum Gasteiger partial charge on any atom is 0.410 e. The summed E-state index contributed by atoms with van der Waals surface area (Å²) < 4.78 is 33.2. The number of nitrogens with zero attached hydrogens (tertiary/aromatic N) is 7. The van der Waals surface area contributed by atoms with Gasteiger partial charge in [-0.1, -0.05) is 0 Å². The van der Waals surface area contributed by atoms with Crippen molar-refractivity contribution in [3.8, 4) is 11.6 Å². The highest BCUT2D eigenvalue weighted by molar-refractivity contribution is 5.69. The quantitative estimate of drug-likeness (QED) is 0.826. The second-order valence-corrected chi connectivity index (χ2v) is 6.45. The van der Waals surface area contributed by atoms with Gasteiger partial charge in [0.25, 0.3) is 0 Å². The molecule has 1 aliphatic heterocycles. The van der Waals surface area contributed by atoms with Gasteiger partial charge in [-0.2, -0.15) is 13.5 Å². The summed E-state index contributed by atoms with van der Waals surface area (Å²) in [6.07, 6.45) is -0.445. The molecule has 24 heavy (non-hydrogen) atoms.